The van der Waals surface area contributed by atoms with Crippen molar-refractivity contribution in [3.63, 3.8) is 0 Å². The van der Waals surface area contributed by atoms with Crippen molar-refractivity contribution in [2.75, 3.05) is 12.3 Å². The first kappa shape index (κ1) is 28.0. The average molecular weight is 499 g/mol. The van der Waals surface area contributed by atoms with Crippen LogP contribution in [-0.4, -0.2) is 50.1 Å². The number of ether oxygens (including phenoxy) is 2. The molecule has 0 aromatic carbocycles. The molecule has 2 unspecified atom stereocenters. The van der Waals surface area contributed by atoms with Crippen LogP contribution >= 0.6 is 8.25 Å². The van der Waals surface area contributed by atoms with E-state index in [9.17, 15) is 19.4 Å². The second-order valence-electron chi connectivity index (χ2n) is 8.60. The van der Waals surface area contributed by atoms with Crippen LogP contribution in [0.25, 0.3) is 0 Å². The Labute approximate surface area is 199 Å². The molecule has 0 saturated carbocycles. The molecule has 0 amide bonds. The van der Waals surface area contributed by atoms with Crippen LogP contribution in [0.4, 0.5) is 5.82 Å². The highest BCUT2D eigenvalue weighted by atomic mass is 31.1. The molecule has 1 fully saturated rings. The lowest BCUT2D eigenvalue weighted by Gasteiger charge is -2.33. The zero-order valence-electron chi connectivity index (χ0n) is 20.1. The maximum absolute atomic E-state index is 12.3. The molecule has 34 heavy (non-hydrogen) atoms. The molecule has 0 radical (unpaired) electrons. The van der Waals surface area contributed by atoms with Crippen molar-refractivity contribution in [1.82, 2.24) is 14.9 Å². The lowest BCUT2D eigenvalue weighted by Crippen LogP contribution is -2.40. The predicted molar refractivity (Wildman–Crippen MR) is 129 cm³/mol. The summed E-state index contributed by atoms with van der Waals surface area (Å²) >= 11 is 0. The maximum atomic E-state index is 12.3. The number of aliphatic hydroxyl groups is 1. The quantitative estimate of drug-likeness (QED) is 0.263. The highest BCUT2D eigenvalue weighted by molar-refractivity contribution is 7.32. The summed E-state index contributed by atoms with van der Waals surface area (Å²) in [5, 5.41) is 14.0. The molecule has 6 atom stereocenters. The number of nitrogens with two attached hydrogens (primary N) is 1. The molecule has 2 rings (SSSR count). The van der Waals surface area contributed by atoms with Gasteiger partial charge in [0.1, 0.15) is 24.1 Å². The van der Waals surface area contributed by atoms with E-state index in [2.05, 4.69) is 16.9 Å². The fraction of sp³-hybridized carbons (Fsp3) is 0.545. The van der Waals surface area contributed by atoms with Gasteiger partial charge in [-0.3, -0.25) is 9.13 Å². The summed E-state index contributed by atoms with van der Waals surface area (Å²) < 4.78 is 29.7. The van der Waals surface area contributed by atoms with Crippen molar-refractivity contribution < 1.29 is 28.6 Å². The molecule has 190 valence electrons. The molecule has 0 spiro atoms. The summed E-state index contributed by atoms with van der Waals surface area (Å²) in [6, 6.07) is 1.38. The molecule has 0 bridgehead atoms. The topological polar surface area (TPSA) is 158 Å². The van der Waals surface area contributed by atoms with Crippen molar-refractivity contribution in [2.45, 2.75) is 71.2 Å². The zero-order valence-corrected chi connectivity index (χ0v) is 21.1. The Hall–Kier alpha value is -2.27. The molecular weight excluding hydrogens is 463 g/mol. The summed E-state index contributed by atoms with van der Waals surface area (Å²) in [4.78, 5) is 25.3. The van der Waals surface area contributed by atoms with E-state index in [0.29, 0.717) is 6.42 Å². The van der Waals surface area contributed by atoms with E-state index in [0.717, 1.165) is 21.4 Å². The Morgan fingerprint density at radius 1 is 1.44 bits per heavy atom. The molecule has 1 aromatic heterocycles. The molecule has 1 aliphatic rings. The maximum Gasteiger partial charge on any atom is 0.351 e. The van der Waals surface area contributed by atoms with Gasteiger partial charge in [-0.05, 0) is 58.9 Å². The number of aromatic nitrogens is 2. The van der Waals surface area contributed by atoms with Crippen molar-refractivity contribution in [2.24, 2.45) is 0 Å². The Kier molecular flexibility index (Phi) is 9.81. The molecular formula is C22H35N4O7P. The van der Waals surface area contributed by atoms with E-state index in [1.807, 2.05) is 40.8 Å². The van der Waals surface area contributed by atoms with Crippen LogP contribution in [0.5, 0.6) is 0 Å². The standard InChI is InChI=1S/C22H35N4O7P/c1-7-9-22(6,14(4)15(5)24-11-13(2)3)31-12-16-19(33-34(29)30)18(27)20(32-16)26-10-8-17(23)25-21(26)28/h7-8,10-11,16,18-20,24,27,34H,1,9,12H2,2-6H3,(H,29,30)(H2,23,25,28)/b15-14+/t16-,18-,19-,20-,22?/m1/s1. The van der Waals surface area contributed by atoms with Gasteiger partial charge in [0, 0.05) is 11.9 Å². The monoisotopic (exact) mass is 498 g/mol. The number of aliphatic hydroxyl groups excluding tert-OH is 1. The van der Waals surface area contributed by atoms with Gasteiger partial charge in [-0.1, -0.05) is 11.6 Å². The van der Waals surface area contributed by atoms with Crippen LogP contribution in [0.2, 0.25) is 0 Å². The van der Waals surface area contributed by atoms with Gasteiger partial charge in [0.15, 0.2) is 6.23 Å². The SMILES string of the molecule is C=CCC(C)(OC[C@H]1O[C@@H](n2ccc(N)nc2=O)[C@H](O)[C@@H]1O[PH](=O)O)/C(C)=C(\C)NC=C(C)C. The van der Waals surface area contributed by atoms with Crippen molar-refractivity contribution in [1.29, 1.82) is 0 Å². The summed E-state index contributed by atoms with van der Waals surface area (Å²) in [5.41, 5.74) is 6.90. The first-order valence-electron chi connectivity index (χ1n) is 10.8. The van der Waals surface area contributed by atoms with Crippen LogP contribution in [-0.2, 0) is 18.6 Å². The zero-order chi connectivity index (χ0) is 25.6. The van der Waals surface area contributed by atoms with Crippen molar-refractivity contribution >= 4 is 14.1 Å². The van der Waals surface area contributed by atoms with Crippen LogP contribution in [0.15, 0.2) is 52.8 Å². The van der Waals surface area contributed by atoms with Crippen LogP contribution < -0.4 is 16.7 Å². The van der Waals surface area contributed by atoms with E-state index in [4.69, 9.17) is 19.7 Å². The van der Waals surface area contributed by atoms with E-state index in [1.54, 1.807) is 6.08 Å². The van der Waals surface area contributed by atoms with Crippen LogP contribution in [0, 0.1) is 0 Å². The minimum atomic E-state index is -3.42. The highest BCUT2D eigenvalue weighted by Gasteiger charge is 2.47. The minimum absolute atomic E-state index is 0.0152. The van der Waals surface area contributed by atoms with Crippen molar-refractivity contribution in [3.05, 3.63) is 58.4 Å². The van der Waals surface area contributed by atoms with Gasteiger partial charge in [0.05, 0.1) is 12.2 Å². The van der Waals surface area contributed by atoms with Gasteiger partial charge in [0.25, 0.3) is 0 Å². The smallest absolute Gasteiger partial charge is 0.351 e. The number of hydrogen-bond acceptors (Lipinski definition) is 9. The molecule has 1 aliphatic heterocycles. The molecule has 5 N–H and O–H groups in total. The van der Waals surface area contributed by atoms with Gasteiger partial charge in [0.2, 0.25) is 0 Å². The molecule has 1 aromatic rings. The van der Waals surface area contributed by atoms with Gasteiger partial charge in [-0.2, -0.15) is 4.98 Å². The number of nitrogens with one attached hydrogen (secondary N) is 1. The first-order chi connectivity index (χ1) is 15.9. The van der Waals surface area contributed by atoms with Crippen LogP contribution in [0.1, 0.15) is 47.3 Å². The summed E-state index contributed by atoms with van der Waals surface area (Å²) in [7, 11) is -3.42. The normalized spacial score (nSPS) is 25.7. The van der Waals surface area contributed by atoms with Gasteiger partial charge >= 0.3 is 13.9 Å². The summed E-state index contributed by atoms with van der Waals surface area (Å²) in [6.45, 7) is 13.4. The number of allylic oxidation sites excluding steroid dienone is 2. The largest absolute Gasteiger partial charge is 0.386 e. The highest BCUT2D eigenvalue weighted by Crippen LogP contribution is 2.37. The molecule has 2 heterocycles. The number of rotatable bonds is 11. The van der Waals surface area contributed by atoms with E-state index in [1.165, 1.54) is 12.3 Å². The average Bonchev–Trinajstić information content (AvgIpc) is 3.05. The first-order valence-corrected chi connectivity index (χ1v) is 12.1. The number of nitrogens with zero attached hydrogens (tertiary/aromatic N) is 2. The van der Waals surface area contributed by atoms with E-state index in [-0.39, 0.29) is 12.4 Å². The van der Waals surface area contributed by atoms with Gasteiger partial charge in [-0.15, -0.1) is 6.58 Å². The van der Waals surface area contributed by atoms with Gasteiger partial charge in [-0.25, -0.2) is 4.79 Å². The van der Waals surface area contributed by atoms with E-state index < -0.39 is 44.1 Å². The Morgan fingerprint density at radius 3 is 2.68 bits per heavy atom. The minimum Gasteiger partial charge on any atom is -0.386 e. The third-order valence-corrected chi connectivity index (χ3v) is 6.18. The van der Waals surface area contributed by atoms with E-state index >= 15 is 0 Å². The second-order valence-corrected chi connectivity index (χ2v) is 9.36. The summed E-state index contributed by atoms with van der Waals surface area (Å²) in [6.07, 6.45) is 0.606. The summed E-state index contributed by atoms with van der Waals surface area (Å²) in [5.74, 6) is 0.0152. The Morgan fingerprint density at radius 2 is 2.12 bits per heavy atom. The predicted octanol–water partition coefficient (Wildman–Crippen LogP) is 2.01. The fourth-order valence-electron chi connectivity index (χ4n) is 3.58. The molecule has 11 nitrogen and oxygen atoms in total. The second kappa shape index (κ2) is 11.9. The fourth-order valence-corrected chi connectivity index (χ4v) is 4.11. The Balaban J connectivity index is 2.30. The molecule has 12 heteroatoms. The molecule has 1 saturated heterocycles. The number of anilines is 1. The van der Waals surface area contributed by atoms with Gasteiger partial charge < -0.3 is 35.0 Å². The third-order valence-electron chi connectivity index (χ3n) is 5.71. The number of nitrogen functional groups attached to an aromatic ring is 1. The number of hydrogen-bond donors (Lipinski definition) is 4. The molecule has 0 aliphatic carbocycles. The van der Waals surface area contributed by atoms with Crippen molar-refractivity contribution in [3.8, 4) is 0 Å². The lowest BCUT2D eigenvalue weighted by atomic mass is 9.91. The lowest BCUT2D eigenvalue weighted by molar-refractivity contribution is -0.0981. The van der Waals surface area contributed by atoms with Crippen LogP contribution in [0.3, 0.4) is 0 Å². The third kappa shape index (κ3) is 6.88. The Bertz CT molecular complexity index is 1020.